The summed E-state index contributed by atoms with van der Waals surface area (Å²) in [5.41, 5.74) is -0.517. The summed E-state index contributed by atoms with van der Waals surface area (Å²) in [6.07, 6.45) is 1.68. The molecule has 108 valence electrons. The fourth-order valence-electron chi connectivity index (χ4n) is 2.51. The molecule has 1 fully saturated rings. The molecule has 0 aliphatic carbocycles. The second-order valence-electron chi connectivity index (χ2n) is 5.02. The lowest BCUT2D eigenvalue weighted by molar-refractivity contribution is -0.101. The minimum atomic E-state index is -0.517. The minimum Gasteiger partial charge on any atom is -0.393 e. The van der Waals surface area contributed by atoms with E-state index in [1.54, 1.807) is 14.0 Å². The Kier molecular flexibility index (Phi) is 4.54. The normalized spacial score (nSPS) is 22.1. The molecule has 2 atom stereocenters. The van der Waals surface area contributed by atoms with Gasteiger partial charge in [-0.3, -0.25) is 0 Å². The van der Waals surface area contributed by atoms with Crippen LogP contribution in [0.15, 0.2) is 4.52 Å². The molecule has 0 bridgehead atoms. The predicted molar refractivity (Wildman–Crippen MR) is 67.8 cm³/mol. The van der Waals surface area contributed by atoms with Crippen molar-refractivity contribution in [3.8, 4) is 0 Å². The molecule has 0 spiro atoms. The summed E-state index contributed by atoms with van der Waals surface area (Å²) in [7, 11) is 1.66. The summed E-state index contributed by atoms with van der Waals surface area (Å²) < 4.78 is 16.3. The fraction of sp³-hybridized carbons (Fsp3) is 0.846. The van der Waals surface area contributed by atoms with Gasteiger partial charge in [0.25, 0.3) is 0 Å². The summed E-state index contributed by atoms with van der Waals surface area (Å²) in [6, 6.07) is 0. The Morgan fingerprint density at radius 1 is 1.42 bits per heavy atom. The van der Waals surface area contributed by atoms with Crippen molar-refractivity contribution in [1.29, 1.82) is 0 Å². The zero-order chi connectivity index (χ0) is 13.9. The fourth-order valence-corrected chi connectivity index (χ4v) is 2.51. The highest BCUT2D eigenvalue weighted by molar-refractivity contribution is 5.05. The highest BCUT2D eigenvalue weighted by atomic mass is 16.5. The highest BCUT2D eigenvalue weighted by Gasteiger charge is 2.39. The van der Waals surface area contributed by atoms with Gasteiger partial charge in [0.05, 0.1) is 12.0 Å². The maximum atomic E-state index is 9.73. The third kappa shape index (κ3) is 2.80. The smallest absolute Gasteiger partial charge is 0.232 e. The van der Waals surface area contributed by atoms with E-state index in [2.05, 4.69) is 10.1 Å². The van der Waals surface area contributed by atoms with Crippen molar-refractivity contribution in [3.63, 3.8) is 0 Å². The van der Waals surface area contributed by atoms with Gasteiger partial charge in [-0.1, -0.05) is 12.1 Å². The Morgan fingerprint density at radius 2 is 2.11 bits per heavy atom. The van der Waals surface area contributed by atoms with Gasteiger partial charge in [-0.05, 0) is 13.3 Å². The average Bonchev–Trinajstić information content (AvgIpc) is 2.90. The van der Waals surface area contributed by atoms with Crippen LogP contribution in [0.3, 0.4) is 0 Å². The average molecular weight is 270 g/mol. The van der Waals surface area contributed by atoms with Crippen molar-refractivity contribution < 1.29 is 19.1 Å². The van der Waals surface area contributed by atoms with Crippen molar-refractivity contribution in [3.05, 3.63) is 11.7 Å². The van der Waals surface area contributed by atoms with Gasteiger partial charge in [0.15, 0.2) is 0 Å². The van der Waals surface area contributed by atoms with E-state index in [-0.39, 0.29) is 5.92 Å². The molecular weight excluding hydrogens is 248 g/mol. The molecule has 1 aromatic heterocycles. The number of rotatable bonds is 5. The van der Waals surface area contributed by atoms with Crippen molar-refractivity contribution in [1.82, 2.24) is 10.1 Å². The molecule has 1 N–H and O–H groups in total. The van der Waals surface area contributed by atoms with Gasteiger partial charge in [0.1, 0.15) is 5.60 Å². The molecule has 1 aromatic rings. The largest absolute Gasteiger partial charge is 0.393 e. The first kappa shape index (κ1) is 14.4. The molecule has 2 unspecified atom stereocenters. The molecule has 2 rings (SSSR count). The summed E-state index contributed by atoms with van der Waals surface area (Å²) in [5, 5.41) is 13.8. The number of nitrogens with zero attached hydrogens (tertiary/aromatic N) is 2. The molecule has 0 radical (unpaired) electrons. The van der Waals surface area contributed by atoms with Gasteiger partial charge >= 0.3 is 0 Å². The Hall–Kier alpha value is -0.980. The topological polar surface area (TPSA) is 77.6 Å². The Labute approximate surface area is 113 Å². The van der Waals surface area contributed by atoms with Gasteiger partial charge in [-0.2, -0.15) is 4.98 Å². The Balaban J connectivity index is 2.23. The number of hydrogen-bond donors (Lipinski definition) is 1. The van der Waals surface area contributed by atoms with E-state index in [4.69, 9.17) is 14.0 Å². The van der Waals surface area contributed by atoms with Crippen LogP contribution in [0.1, 0.15) is 50.7 Å². The lowest BCUT2D eigenvalue weighted by atomic mass is 9.93. The van der Waals surface area contributed by atoms with E-state index in [0.29, 0.717) is 37.8 Å². The molecular formula is C13H22N2O4. The van der Waals surface area contributed by atoms with Crippen LogP contribution < -0.4 is 0 Å². The molecule has 0 aromatic carbocycles. The minimum absolute atomic E-state index is 0.130. The van der Waals surface area contributed by atoms with Gasteiger partial charge in [-0.15, -0.1) is 0 Å². The first-order chi connectivity index (χ1) is 9.13. The molecule has 1 aliphatic heterocycles. The lowest BCUT2D eigenvalue weighted by Gasteiger charge is -2.32. The SMILES string of the molecule is CCC(c1nc(C2(OC)CCOCC2)no1)C(C)O. The van der Waals surface area contributed by atoms with E-state index in [0.717, 1.165) is 6.42 Å². The van der Waals surface area contributed by atoms with Crippen LogP contribution in [0, 0.1) is 0 Å². The van der Waals surface area contributed by atoms with E-state index in [1.165, 1.54) is 0 Å². The molecule has 6 nitrogen and oxygen atoms in total. The quantitative estimate of drug-likeness (QED) is 0.875. The van der Waals surface area contributed by atoms with Gasteiger partial charge in [-0.25, -0.2) is 0 Å². The number of aliphatic hydroxyl groups is 1. The third-order valence-corrected chi connectivity index (χ3v) is 3.88. The van der Waals surface area contributed by atoms with E-state index in [9.17, 15) is 5.11 Å². The first-order valence-corrected chi connectivity index (χ1v) is 6.78. The second-order valence-corrected chi connectivity index (χ2v) is 5.02. The molecule has 1 aliphatic rings. The number of methoxy groups -OCH3 is 1. The molecule has 0 amide bonds. The predicted octanol–water partition coefficient (Wildman–Crippen LogP) is 1.60. The summed E-state index contributed by atoms with van der Waals surface area (Å²) in [6.45, 7) is 4.98. The van der Waals surface area contributed by atoms with Gasteiger partial charge in [0, 0.05) is 33.2 Å². The van der Waals surface area contributed by atoms with Crippen LogP contribution in [-0.4, -0.2) is 41.7 Å². The van der Waals surface area contributed by atoms with Crippen LogP contribution in [-0.2, 0) is 15.1 Å². The lowest BCUT2D eigenvalue weighted by Crippen LogP contribution is -2.36. The van der Waals surface area contributed by atoms with Crippen molar-refractivity contribution in [2.24, 2.45) is 0 Å². The number of aliphatic hydroxyl groups excluding tert-OH is 1. The molecule has 2 heterocycles. The Morgan fingerprint density at radius 3 is 2.63 bits per heavy atom. The van der Waals surface area contributed by atoms with Crippen molar-refractivity contribution in [2.75, 3.05) is 20.3 Å². The maximum absolute atomic E-state index is 9.73. The molecule has 19 heavy (non-hydrogen) atoms. The molecule has 1 saturated heterocycles. The third-order valence-electron chi connectivity index (χ3n) is 3.88. The van der Waals surface area contributed by atoms with Gasteiger partial charge in [0.2, 0.25) is 11.7 Å². The first-order valence-electron chi connectivity index (χ1n) is 6.78. The zero-order valence-electron chi connectivity index (χ0n) is 11.8. The van der Waals surface area contributed by atoms with E-state index >= 15 is 0 Å². The van der Waals surface area contributed by atoms with E-state index in [1.807, 2.05) is 6.92 Å². The maximum Gasteiger partial charge on any atom is 0.232 e. The van der Waals surface area contributed by atoms with Crippen LogP contribution in [0.25, 0.3) is 0 Å². The number of hydrogen-bond acceptors (Lipinski definition) is 6. The van der Waals surface area contributed by atoms with Crippen molar-refractivity contribution >= 4 is 0 Å². The zero-order valence-corrected chi connectivity index (χ0v) is 11.8. The summed E-state index contributed by atoms with van der Waals surface area (Å²) in [5.74, 6) is 0.915. The standard InChI is InChI=1S/C13H22N2O4/c1-4-10(9(2)16)11-14-12(15-19-11)13(17-3)5-7-18-8-6-13/h9-10,16H,4-8H2,1-3H3. The second kappa shape index (κ2) is 5.98. The number of aromatic nitrogens is 2. The Bertz CT molecular complexity index is 399. The van der Waals surface area contributed by atoms with Crippen LogP contribution in [0.5, 0.6) is 0 Å². The number of ether oxygens (including phenoxy) is 2. The van der Waals surface area contributed by atoms with Crippen LogP contribution in [0.4, 0.5) is 0 Å². The highest BCUT2D eigenvalue weighted by Crippen LogP contribution is 2.34. The van der Waals surface area contributed by atoms with Crippen molar-refractivity contribution in [2.45, 2.75) is 50.7 Å². The molecule has 6 heteroatoms. The van der Waals surface area contributed by atoms with Crippen LogP contribution >= 0.6 is 0 Å². The van der Waals surface area contributed by atoms with Gasteiger partial charge < -0.3 is 19.1 Å². The molecule has 0 saturated carbocycles. The summed E-state index contributed by atoms with van der Waals surface area (Å²) >= 11 is 0. The summed E-state index contributed by atoms with van der Waals surface area (Å²) in [4.78, 5) is 4.45. The van der Waals surface area contributed by atoms with E-state index < -0.39 is 11.7 Å². The monoisotopic (exact) mass is 270 g/mol. The van der Waals surface area contributed by atoms with Crippen LogP contribution in [0.2, 0.25) is 0 Å².